The maximum Gasteiger partial charge on any atom is 0.346 e. The Hall–Kier alpha value is -7.96. The van der Waals surface area contributed by atoms with Crippen molar-refractivity contribution in [2.24, 2.45) is 0 Å². The quantitative estimate of drug-likeness (QED) is 0.0339. The topological polar surface area (TPSA) is 122 Å². The highest BCUT2D eigenvalue weighted by Crippen LogP contribution is 2.41. The van der Waals surface area contributed by atoms with Crippen LogP contribution in [0.25, 0.3) is 62.1 Å². The number of para-hydroxylation sites is 2. The summed E-state index contributed by atoms with van der Waals surface area (Å²) in [6, 6.07) is 54.4. The van der Waals surface area contributed by atoms with Gasteiger partial charge in [-0.2, -0.15) is 5.26 Å². The molecule has 0 spiro atoms. The monoisotopic (exact) mass is 942 g/mol. The molecular formula is C62H62N4O5. The van der Waals surface area contributed by atoms with Crippen molar-refractivity contribution in [3.05, 3.63) is 169 Å². The van der Waals surface area contributed by atoms with E-state index in [1.54, 1.807) is 18.2 Å². The fourth-order valence-electron chi connectivity index (χ4n) is 8.78. The highest BCUT2D eigenvalue weighted by atomic mass is 16.5. The lowest BCUT2D eigenvalue weighted by molar-refractivity contribution is -0.132. The number of nitrogens with zero attached hydrogens (tertiary/aromatic N) is 4. The summed E-state index contributed by atoms with van der Waals surface area (Å²) in [6.45, 7) is 5.79. The summed E-state index contributed by atoms with van der Waals surface area (Å²) >= 11 is 0. The van der Waals surface area contributed by atoms with Gasteiger partial charge in [0.1, 0.15) is 40.2 Å². The van der Waals surface area contributed by atoms with E-state index in [1.165, 1.54) is 57.4 Å². The summed E-state index contributed by atoms with van der Waals surface area (Å²) in [5.74, 6) is 0.945. The second-order valence-corrected chi connectivity index (χ2v) is 17.8. The van der Waals surface area contributed by atoms with E-state index in [9.17, 15) is 15.2 Å². The third-order valence-electron chi connectivity index (χ3n) is 12.6. The number of furan rings is 1. The number of nitriles is 1. The number of carbonyl (C=O) groups is 1. The van der Waals surface area contributed by atoms with Gasteiger partial charge in [0.2, 0.25) is 0 Å². The molecule has 9 nitrogen and oxygen atoms in total. The molecule has 6 aromatic carbocycles. The fraction of sp³-hybridized carbons (Fsp3) is 0.258. The fourth-order valence-corrected chi connectivity index (χ4v) is 8.78. The molecule has 0 bridgehead atoms. The molecule has 1 N–H and O–H groups in total. The van der Waals surface area contributed by atoms with Crippen molar-refractivity contribution >= 4 is 40.1 Å². The standard InChI is InChI=1S/C62H62N4O5/c1-3-5-7-9-11-19-41-69-52-33-27-46(28-34-52)58-59(47-29-35-53(36-30-47)70-42-20-12-10-8-6-4-2)65-61-56(57-40-37-54(71-57)43-48(44-63)62(67)68)39-38-55(60(61)64-58)45-25-31-51(32-26-45)66(49-21-15-13-16-22-49)50-23-17-14-18-24-50/h13-18,21-40,43H,3-12,19-20,41-42H2,1-2H3,(H,67,68)/b48-43-. The number of rotatable bonds is 25. The average molecular weight is 943 g/mol. The minimum atomic E-state index is -1.33. The molecule has 360 valence electrons. The van der Waals surface area contributed by atoms with Crippen LogP contribution in [-0.2, 0) is 4.79 Å². The van der Waals surface area contributed by atoms with Crippen LogP contribution in [0.15, 0.2) is 168 Å². The van der Waals surface area contributed by atoms with Crippen molar-refractivity contribution < 1.29 is 23.8 Å². The van der Waals surface area contributed by atoms with Crippen LogP contribution in [-0.4, -0.2) is 34.3 Å². The molecule has 0 atom stereocenters. The van der Waals surface area contributed by atoms with E-state index in [0.717, 1.165) is 76.5 Å². The number of fused-ring (bicyclic) bond motifs is 1. The number of anilines is 3. The van der Waals surface area contributed by atoms with E-state index in [4.69, 9.17) is 23.9 Å². The van der Waals surface area contributed by atoms with Crippen LogP contribution in [0.3, 0.4) is 0 Å². The van der Waals surface area contributed by atoms with Gasteiger partial charge in [0.25, 0.3) is 0 Å². The first-order valence-corrected chi connectivity index (χ1v) is 25.2. The highest BCUT2D eigenvalue weighted by molar-refractivity contribution is 6.03. The van der Waals surface area contributed by atoms with Crippen LogP contribution in [0, 0.1) is 11.3 Å². The Balaban J connectivity index is 1.22. The van der Waals surface area contributed by atoms with Gasteiger partial charge >= 0.3 is 5.97 Å². The predicted molar refractivity (Wildman–Crippen MR) is 287 cm³/mol. The lowest BCUT2D eigenvalue weighted by Crippen LogP contribution is -2.09. The molecule has 0 aliphatic rings. The first-order valence-electron chi connectivity index (χ1n) is 25.2. The summed E-state index contributed by atoms with van der Waals surface area (Å²) in [7, 11) is 0. The van der Waals surface area contributed by atoms with Gasteiger partial charge in [-0.3, -0.25) is 0 Å². The molecule has 8 aromatic rings. The van der Waals surface area contributed by atoms with Crippen LogP contribution in [0.5, 0.6) is 11.5 Å². The van der Waals surface area contributed by atoms with E-state index in [0.29, 0.717) is 47.0 Å². The highest BCUT2D eigenvalue weighted by Gasteiger charge is 2.22. The van der Waals surface area contributed by atoms with Crippen molar-refractivity contribution in [3.8, 4) is 62.5 Å². The molecule has 0 radical (unpaired) electrons. The summed E-state index contributed by atoms with van der Waals surface area (Å²) < 4.78 is 18.7. The Morgan fingerprint density at radius 2 is 1.00 bits per heavy atom. The molecular weight excluding hydrogens is 881 g/mol. The van der Waals surface area contributed by atoms with Gasteiger partial charge in [0.05, 0.1) is 30.1 Å². The number of benzene rings is 6. The number of hydrogen-bond acceptors (Lipinski definition) is 8. The Labute approximate surface area is 418 Å². The second kappa shape index (κ2) is 25.1. The zero-order chi connectivity index (χ0) is 49.2. The molecule has 0 saturated carbocycles. The van der Waals surface area contributed by atoms with E-state index in [2.05, 4.69) is 67.3 Å². The van der Waals surface area contributed by atoms with Crippen LogP contribution in [0.4, 0.5) is 17.1 Å². The van der Waals surface area contributed by atoms with Crippen molar-refractivity contribution in [2.45, 2.75) is 90.9 Å². The Bertz CT molecular complexity index is 2990. The Morgan fingerprint density at radius 3 is 1.49 bits per heavy atom. The number of aromatic nitrogens is 2. The normalized spacial score (nSPS) is 11.4. The van der Waals surface area contributed by atoms with E-state index in [1.807, 2.05) is 97.1 Å². The summed E-state index contributed by atoms with van der Waals surface area (Å²) in [4.78, 5) is 25.1. The molecule has 0 unspecified atom stereocenters. The van der Waals surface area contributed by atoms with E-state index < -0.39 is 11.5 Å². The Kier molecular flexibility index (Phi) is 17.5. The van der Waals surface area contributed by atoms with Crippen molar-refractivity contribution in [1.29, 1.82) is 5.26 Å². The maximum atomic E-state index is 11.8. The van der Waals surface area contributed by atoms with Crippen molar-refractivity contribution in [1.82, 2.24) is 9.97 Å². The van der Waals surface area contributed by atoms with Crippen LogP contribution < -0.4 is 14.4 Å². The lowest BCUT2D eigenvalue weighted by atomic mass is 9.97. The zero-order valence-electron chi connectivity index (χ0n) is 40.9. The molecule has 0 saturated heterocycles. The minimum absolute atomic E-state index is 0.230. The van der Waals surface area contributed by atoms with Gasteiger partial charge in [-0.15, -0.1) is 0 Å². The van der Waals surface area contributed by atoms with E-state index >= 15 is 0 Å². The van der Waals surface area contributed by atoms with E-state index in [-0.39, 0.29) is 5.76 Å². The molecule has 0 aliphatic heterocycles. The van der Waals surface area contributed by atoms with Crippen LogP contribution in [0.2, 0.25) is 0 Å². The average Bonchev–Trinajstić information content (AvgIpc) is 3.88. The number of unbranched alkanes of at least 4 members (excludes halogenated alkanes) is 10. The van der Waals surface area contributed by atoms with Crippen LogP contribution in [0.1, 0.15) is 96.7 Å². The number of hydrogen-bond donors (Lipinski definition) is 1. The molecule has 0 aliphatic carbocycles. The first kappa shape index (κ1) is 49.5. The van der Waals surface area contributed by atoms with Crippen LogP contribution >= 0.6 is 0 Å². The smallest absolute Gasteiger partial charge is 0.346 e. The summed E-state index contributed by atoms with van der Waals surface area (Å²) in [5.41, 5.74) is 9.43. The lowest BCUT2D eigenvalue weighted by Gasteiger charge is -2.25. The van der Waals surface area contributed by atoms with Gasteiger partial charge < -0.3 is 23.9 Å². The van der Waals surface area contributed by atoms with Crippen molar-refractivity contribution in [3.63, 3.8) is 0 Å². The molecule has 0 fully saturated rings. The van der Waals surface area contributed by atoms with Gasteiger partial charge in [-0.05, 0) is 122 Å². The molecule has 9 heteroatoms. The number of ether oxygens (including phenoxy) is 2. The molecule has 71 heavy (non-hydrogen) atoms. The zero-order valence-corrected chi connectivity index (χ0v) is 40.9. The Morgan fingerprint density at radius 1 is 0.549 bits per heavy atom. The maximum absolute atomic E-state index is 11.8. The third-order valence-corrected chi connectivity index (χ3v) is 12.6. The number of aliphatic carboxylic acids is 1. The van der Waals surface area contributed by atoms with Gasteiger partial charge in [-0.1, -0.05) is 133 Å². The minimum Gasteiger partial charge on any atom is -0.494 e. The van der Waals surface area contributed by atoms with Gasteiger partial charge in [-0.25, -0.2) is 14.8 Å². The summed E-state index contributed by atoms with van der Waals surface area (Å²) in [6.07, 6.45) is 15.5. The van der Waals surface area contributed by atoms with Crippen molar-refractivity contribution in [2.75, 3.05) is 18.1 Å². The van der Waals surface area contributed by atoms with Gasteiger partial charge in [0, 0.05) is 45.4 Å². The first-order chi connectivity index (χ1) is 34.9. The summed E-state index contributed by atoms with van der Waals surface area (Å²) in [5, 5.41) is 19.1. The SMILES string of the molecule is CCCCCCCCOc1ccc(-c2nc3c(-c4ccc(N(c5ccccc5)c5ccccc5)cc4)ccc(-c4ccc(/C=C(/C#N)C(=O)O)o4)c3nc2-c2ccc(OCCCCCCCC)cc2)cc1. The molecule has 2 aromatic heterocycles. The third kappa shape index (κ3) is 12.8. The van der Waals surface area contributed by atoms with Gasteiger partial charge in [0.15, 0.2) is 0 Å². The predicted octanol–water partition coefficient (Wildman–Crippen LogP) is 16.8. The molecule has 2 heterocycles. The number of carboxylic acids is 1. The second-order valence-electron chi connectivity index (χ2n) is 17.8. The molecule has 0 amide bonds. The largest absolute Gasteiger partial charge is 0.494 e. The molecule has 8 rings (SSSR count). The number of carboxylic acid groups (broad SMARTS) is 1.